The number of carbonyl (C=O) groups is 2. The Kier molecular flexibility index (Phi) is 3.08. The molecule has 1 aliphatic heterocycles. The number of benzene rings is 1. The summed E-state index contributed by atoms with van der Waals surface area (Å²) < 4.78 is 19.0. The summed E-state index contributed by atoms with van der Waals surface area (Å²) in [5.74, 6) is -0.419. The fourth-order valence-corrected chi connectivity index (χ4v) is 2.45. The van der Waals surface area contributed by atoms with Crippen LogP contribution < -0.4 is 15.0 Å². The third kappa shape index (κ3) is 2.21. The highest BCUT2D eigenvalue weighted by Gasteiger charge is 2.43. The van der Waals surface area contributed by atoms with E-state index < -0.39 is 11.9 Å². The van der Waals surface area contributed by atoms with Crippen molar-refractivity contribution in [2.45, 2.75) is 18.9 Å². The summed E-state index contributed by atoms with van der Waals surface area (Å²) in [6.45, 7) is -0.161. The lowest BCUT2D eigenvalue weighted by atomic mass is 10.1. The fourth-order valence-electron chi connectivity index (χ4n) is 2.45. The highest BCUT2D eigenvalue weighted by Crippen LogP contribution is 2.36. The molecule has 20 heavy (non-hydrogen) atoms. The summed E-state index contributed by atoms with van der Waals surface area (Å²) in [6.07, 6.45) is 1.84. The molecule has 1 aromatic carbocycles. The van der Waals surface area contributed by atoms with Crippen molar-refractivity contribution in [1.29, 1.82) is 0 Å². The molecule has 6 heteroatoms. The van der Waals surface area contributed by atoms with Gasteiger partial charge in [-0.1, -0.05) is 0 Å². The van der Waals surface area contributed by atoms with Gasteiger partial charge in [-0.3, -0.25) is 14.5 Å². The molecular formula is C14H15FN2O3. The first-order valence-corrected chi connectivity index (χ1v) is 6.54. The molecule has 0 radical (unpaired) electrons. The lowest BCUT2D eigenvalue weighted by Gasteiger charge is -2.32. The maximum absolute atomic E-state index is 14.0. The number of hydrogen-bond acceptors (Lipinski definition) is 3. The monoisotopic (exact) mass is 278 g/mol. The second-order valence-corrected chi connectivity index (χ2v) is 5.12. The third-order valence-corrected chi connectivity index (χ3v) is 3.69. The molecule has 3 rings (SSSR count). The van der Waals surface area contributed by atoms with Crippen molar-refractivity contribution in [3.63, 3.8) is 0 Å². The summed E-state index contributed by atoms with van der Waals surface area (Å²) >= 11 is 0. The molecule has 106 valence electrons. The van der Waals surface area contributed by atoms with Crippen LogP contribution in [-0.4, -0.2) is 31.5 Å². The molecule has 2 aliphatic rings. The molecule has 5 nitrogen and oxygen atoms in total. The summed E-state index contributed by atoms with van der Waals surface area (Å²) in [6, 6.07) is 3.63. The van der Waals surface area contributed by atoms with Crippen molar-refractivity contribution >= 4 is 17.5 Å². The zero-order valence-corrected chi connectivity index (χ0v) is 11.1. The van der Waals surface area contributed by atoms with E-state index in [1.807, 2.05) is 0 Å². The first-order chi connectivity index (χ1) is 9.60. The zero-order valence-electron chi connectivity index (χ0n) is 11.1. The van der Waals surface area contributed by atoms with E-state index in [1.165, 1.54) is 30.2 Å². The summed E-state index contributed by atoms with van der Waals surface area (Å²) in [5.41, 5.74) is 0.0925. The molecule has 1 aliphatic carbocycles. The predicted octanol–water partition coefficient (Wildman–Crippen LogP) is 1.08. The number of ether oxygens (including phenoxy) is 1. The van der Waals surface area contributed by atoms with Crippen LogP contribution in [0.2, 0.25) is 0 Å². The van der Waals surface area contributed by atoms with Gasteiger partial charge >= 0.3 is 0 Å². The molecule has 2 amide bonds. The van der Waals surface area contributed by atoms with Crippen LogP contribution in [0.1, 0.15) is 12.8 Å². The van der Waals surface area contributed by atoms with Crippen LogP contribution in [0, 0.1) is 11.7 Å². The van der Waals surface area contributed by atoms with E-state index in [2.05, 4.69) is 5.32 Å². The van der Waals surface area contributed by atoms with Crippen LogP contribution in [0.25, 0.3) is 0 Å². The highest BCUT2D eigenvalue weighted by atomic mass is 19.1. The first-order valence-electron chi connectivity index (χ1n) is 6.54. The molecule has 1 N–H and O–H groups in total. The van der Waals surface area contributed by atoms with Crippen LogP contribution >= 0.6 is 0 Å². The second kappa shape index (κ2) is 4.77. The summed E-state index contributed by atoms with van der Waals surface area (Å²) in [4.78, 5) is 25.4. The second-order valence-electron chi connectivity index (χ2n) is 5.12. The fraction of sp³-hybridized carbons (Fsp3) is 0.429. The number of methoxy groups -OCH3 is 1. The highest BCUT2D eigenvalue weighted by molar-refractivity contribution is 6.07. The average Bonchev–Trinajstić information content (AvgIpc) is 3.26. The Balaban J connectivity index is 1.94. The van der Waals surface area contributed by atoms with Crippen LogP contribution in [0.15, 0.2) is 18.2 Å². The van der Waals surface area contributed by atoms with E-state index >= 15 is 0 Å². The van der Waals surface area contributed by atoms with Crippen LogP contribution in [-0.2, 0) is 9.59 Å². The van der Waals surface area contributed by atoms with Gasteiger partial charge in [0.15, 0.2) is 0 Å². The Morgan fingerprint density at radius 1 is 1.35 bits per heavy atom. The van der Waals surface area contributed by atoms with Crippen molar-refractivity contribution in [1.82, 2.24) is 5.32 Å². The molecule has 1 aromatic rings. The Morgan fingerprint density at radius 2 is 2.10 bits per heavy atom. The quantitative estimate of drug-likeness (QED) is 0.900. The minimum atomic E-state index is -0.539. The number of nitrogens with one attached hydrogen (secondary N) is 1. The Bertz CT molecular complexity index is 572. The largest absolute Gasteiger partial charge is 0.497 e. The van der Waals surface area contributed by atoms with Gasteiger partial charge in [-0.25, -0.2) is 4.39 Å². The number of hydrogen-bond donors (Lipinski definition) is 1. The van der Waals surface area contributed by atoms with Gasteiger partial charge < -0.3 is 10.1 Å². The van der Waals surface area contributed by atoms with Gasteiger partial charge in [0.2, 0.25) is 11.8 Å². The normalized spacial score (nSPS) is 22.7. The summed E-state index contributed by atoms with van der Waals surface area (Å²) in [7, 11) is 1.47. The van der Waals surface area contributed by atoms with E-state index in [4.69, 9.17) is 4.74 Å². The van der Waals surface area contributed by atoms with Crippen molar-refractivity contribution in [2.75, 3.05) is 18.6 Å². The lowest BCUT2D eigenvalue weighted by molar-refractivity contribution is -0.131. The molecule has 1 unspecified atom stereocenters. The van der Waals surface area contributed by atoms with Gasteiger partial charge in [0.25, 0.3) is 0 Å². The van der Waals surface area contributed by atoms with E-state index in [1.54, 1.807) is 0 Å². The van der Waals surface area contributed by atoms with E-state index in [9.17, 15) is 14.0 Å². The van der Waals surface area contributed by atoms with Crippen LogP contribution in [0.3, 0.4) is 0 Å². The number of halogens is 1. The number of piperazine rings is 1. The Morgan fingerprint density at radius 3 is 2.75 bits per heavy atom. The first kappa shape index (κ1) is 12.9. The number of carbonyl (C=O) groups excluding carboxylic acids is 2. The minimum Gasteiger partial charge on any atom is -0.497 e. The SMILES string of the molecule is COc1ccc(F)c(N2CC(=O)NC(C3CC3)C2=O)c1. The van der Waals surface area contributed by atoms with Crippen molar-refractivity contribution in [3.8, 4) is 5.75 Å². The average molecular weight is 278 g/mol. The van der Waals surface area contributed by atoms with Gasteiger partial charge in [0.05, 0.1) is 12.8 Å². The molecule has 2 fully saturated rings. The minimum absolute atomic E-state index is 0.0925. The van der Waals surface area contributed by atoms with E-state index in [0.717, 1.165) is 12.8 Å². The van der Waals surface area contributed by atoms with E-state index in [-0.39, 0.29) is 30.0 Å². The summed E-state index contributed by atoms with van der Waals surface area (Å²) in [5, 5.41) is 2.69. The molecule has 1 heterocycles. The van der Waals surface area contributed by atoms with E-state index in [0.29, 0.717) is 5.75 Å². The van der Waals surface area contributed by atoms with Gasteiger partial charge in [0.1, 0.15) is 24.2 Å². The van der Waals surface area contributed by atoms with Gasteiger partial charge in [-0.05, 0) is 30.9 Å². The maximum atomic E-state index is 14.0. The van der Waals surface area contributed by atoms with Gasteiger partial charge in [-0.15, -0.1) is 0 Å². The topological polar surface area (TPSA) is 58.6 Å². The molecule has 1 saturated heterocycles. The standard InChI is InChI=1S/C14H15FN2O3/c1-20-9-4-5-10(15)11(6-9)17-7-12(18)16-13(14(17)19)8-2-3-8/h4-6,8,13H,2-3,7H2,1H3,(H,16,18). The lowest BCUT2D eigenvalue weighted by Crippen LogP contribution is -2.59. The maximum Gasteiger partial charge on any atom is 0.250 e. The van der Waals surface area contributed by atoms with Crippen molar-refractivity contribution in [2.24, 2.45) is 5.92 Å². The number of anilines is 1. The number of rotatable bonds is 3. The molecule has 0 spiro atoms. The molecular weight excluding hydrogens is 263 g/mol. The van der Waals surface area contributed by atoms with Crippen molar-refractivity contribution in [3.05, 3.63) is 24.0 Å². The molecule has 0 aromatic heterocycles. The Labute approximate surface area is 115 Å². The van der Waals surface area contributed by atoms with Crippen LogP contribution in [0.5, 0.6) is 5.75 Å². The molecule has 0 bridgehead atoms. The smallest absolute Gasteiger partial charge is 0.250 e. The van der Waals surface area contributed by atoms with Gasteiger partial charge in [0, 0.05) is 6.07 Å². The van der Waals surface area contributed by atoms with Gasteiger partial charge in [-0.2, -0.15) is 0 Å². The third-order valence-electron chi connectivity index (χ3n) is 3.69. The van der Waals surface area contributed by atoms with Crippen LogP contribution in [0.4, 0.5) is 10.1 Å². The van der Waals surface area contributed by atoms with Crippen molar-refractivity contribution < 1.29 is 18.7 Å². The molecule has 1 atom stereocenters. The Hall–Kier alpha value is -2.11. The predicted molar refractivity (Wildman–Crippen MR) is 70.0 cm³/mol. The molecule has 1 saturated carbocycles. The zero-order chi connectivity index (χ0) is 14.3. The number of nitrogens with zero attached hydrogens (tertiary/aromatic N) is 1. The number of amides is 2.